The van der Waals surface area contributed by atoms with E-state index in [1.807, 2.05) is 0 Å². The number of benzene rings is 1. The Labute approximate surface area is 134 Å². The van der Waals surface area contributed by atoms with Gasteiger partial charge in [0.1, 0.15) is 10.7 Å². The molecule has 0 radical (unpaired) electrons. The molecule has 1 aliphatic carbocycles. The average molecular weight is 324 g/mol. The highest BCUT2D eigenvalue weighted by atomic mass is 35.5. The fraction of sp³-hybridized carbons (Fsp3) is 0.375. The third-order valence-corrected chi connectivity index (χ3v) is 3.87. The van der Waals surface area contributed by atoms with Crippen LogP contribution >= 0.6 is 11.6 Å². The van der Waals surface area contributed by atoms with Gasteiger partial charge in [0.25, 0.3) is 0 Å². The van der Waals surface area contributed by atoms with Crippen molar-refractivity contribution in [3.05, 3.63) is 46.1 Å². The standard InChI is InChI=1S/C16H18ClNO4/c1-21-12(22-2)8-5-9-18-14-13(17)15(19)10-6-3-4-7-11(10)16(14)20/h3-4,6-7,12,18H,5,8-9H2,1-2H3. The number of allylic oxidation sites excluding steroid dienone is 2. The van der Waals surface area contributed by atoms with E-state index in [4.69, 9.17) is 21.1 Å². The van der Waals surface area contributed by atoms with Crippen LogP contribution in [0.2, 0.25) is 0 Å². The smallest absolute Gasteiger partial charge is 0.211 e. The van der Waals surface area contributed by atoms with Crippen molar-refractivity contribution in [3.8, 4) is 0 Å². The number of ketones is 2. The fourth-order valence-electron chi connectivity index (χ4n) is 2.32. The van der Waals surface area contributed by atoms with Gasteiger partial charge in [0.15, 0.2) is 6.29 Å². The van der Waals surface area contributed by atoms with Crippen LogP contribution in [0.4, 0.5) is 0 Å². The van der Waals surface area contributed by atoms with E-state index in [0.717, 1.165) is 0 Å². The summed E-state index contributed by atoms with van der Waals surface area (Å²) in [6.07, 6.45) is 1.10. The van der Waals surface area contributed by atoms with Crippen molar-refractivity contribution in [1.29, 1.82) is 0 Å². The van der Waals surface area contributed by atoms with Gasteiger partial charge in [0, 0.05) is 31.9 Å². The van der Waals surface area contributed by atoms with Crippen LogP contribution in [-0.2, 0) is 9.47 Å². The number of hydrogen-bond acceptors (Lipinski definition) is 5. The lowest BCUT2D eigenvalue weighted by molar-refractivity contribution is -0.106. The van der Waals surface area contributed by atoms with Crippen molar-refractivity contribution in [3.63, 3.8) is 0 Å². The zero-order chi connectivity index (χ0) is 16.1. The molecule has 0 amide bonds. The summed E-state index contributed by atoms with van der Waals surface area (Å²) >= 11 is 6.05. The molecule has 1 aliphatic rings. The summed E-state index contributed by atoms with van der Waals surface area (Å²) in [5, 5.41) is 2.91. The van der Waals surface area contributed by atoms with E-state index in [2.05, 4.69) is 5.32 Å². The first-order valence-electron chi connectivity index (χ1n) is 6.97. The zero-order valence-corrected chi connectivity index (χ0v) is 13.3. The normalized spacial score (nSPS) is 14.5. The van der Waals surface area contributed by atoms with E-state index < -0.39 is 0 Å². The van der Waals surface area contributed by atoms with E-state index in [0.29, 0.717) is 30.5 Å². The van der Waals surface area contributed by atoms with Gasteiger partial charge in [-0.1, -0.05) is 35.9 Å². The average Bonchev–Trinajstić information content (AvgIpc) is 2.55. The Morgan fingerprint density at radius 3 is 2.27 bits per heavy atom. The lowest BCUT2D eigenvalue weighted by Gasteiger charge is -2.19. The first-order chi connectivity index (χ1) is 10.6. The molecule has 0 spiro atoms. The molecule has 5 nitrogen and oxygen atoms in total. The maximum Gasteiger partial charge on any atom is 0.211 e. The second-order valence-electron chi connectivity index (χ2n) is 4.86. The molecule has 118 valence electrons. The van der Waals surface area contributed by atoms with Gasteiger partial charge < -0.3 is 14.8 Å². The van der Waals surface area contributed by atoms with Crippen molar-refractivity contribution < 1.29 is 19.1 Å². The van der Waals surface area contributed by atoms with Crippen molar-refractivity contribution in [2.45, 2.75) is 19.1 Å². The Balaban J connectivity index is 2.04. The molecule has 6 heteroatoms. The topological polar surface area (TPSA) is 64.6 Å². The van der Waals surface area contributed by atoms with E-state index in [-0.39, 0.29) is 28.6 Å². The molecule has 0 fully saturated rings. The lowest BCUT2D eigenvalue weighted by Crippen LogP contribution is -2.30. The molecule has 0 aromatic heterocycles. The predicted molar refractivity (Wildman–Crippen MR) is 83.0 cm³/mol. The summed E-state index contributed by atoms with van der Waals surface area (Å²) in [5.74, 6) is -0.582. The van der Waals surface area contributed by atoms with Gasteiger partial charge in [0.05, 0.1) is 0 Å². The summed E-state index contributed by atoms with van der Waals surface area (Å²) in [6, 6.07) is 6.67. The summed E-state index contributed by atoms with van der Waals surface area (Å²) in [5.41, 5.74) is 0.893. The fourth-order valence-corrected chi connectivity index (χ4v) is 2.57. The largest absolute Gasteiger partial charge is 0.381 e. The molecule has 1 aromatic rings. The number of fused-ring (bicyclic) bond motifs is 1. The van der Waals surface area contributed by atoms with E-state index in [1.165, 1.54) is 0 Å². The van der Waals surface area contributed by atoms with Crippen LogP contribution in [0.25, 0.3) is 0 Å². The molecule has 0 atom stereocenters. The van der Waals surface area contributed by atoms with Crippen LogP contribution in [0.5, 0.6) is 0 Å². The number of Topliss-reactive ketones (excluding diaryl/α,β-unsaturated/α-hetero) is 2. The number of carbonyl (C=O) groups is 2. The first-order valence-corrected chi connectivity index (χ1v) is 7.35. The molecule has 0 saturated heterocycles. The molecule has 0 bridgehead atoms. The van der Waals surface area contributed by atoms with Crippen LogP contribution in [0.15, 0.2) is 35.0 Å². The van der Waals surface area contributed by atoms with Gasteiger partial charge in [-0.15, -0.1) is 0 Å². The number of carbonyl (C=O) groups excluding carboxylic acids is 2. The van der Waals surface area contributed by atoms with Crippen LogP contribution in [0.1, 0.15) is 33.6 Å². The Hall–Kier alpha value is -1.69. The quantitative estimate of drug-likeness (QED) is 0.617. The highest BCUT2D eigenvalue weighted by molar-refractivity contribution is 6.49. The Kier molecular flexibility index (Phi) is 5.71. The van der Waals surface area contributed by atoms with Gasteiger partial charge in [-0.3, -0.25) is 9.59 Å². The van der Waals surface area contributed by atoms with Crippen LogP contribution < -0.4 is 5.32 Å². The van der Waals surface area contributed by atoms with Crippen LogP contribution in [-0.4, -0.2) is 38.6 Å². The maximum atomic E-state index is 12.4. The molecule has 0 unspecified atom stereocenters. The molecule has 0 aliphatic heterocycles. The molecule has 1 N–H and O–H groups in total. The highest BCUT2D eigenvalue weighted by Gasteiger charge is 2.30. The van der Waals surface area contributed by atoms with Crippen molar-refractivity contribution in [2.24, 2.45) is 0 Å². The molecule has 0 heterocycles. The predicted octanol–water partition coefficient (Wildman–Crippen LogP) is 2.50. The van der Waals surface area contributed by atoms with Gasteiger partial charge in [-0.25, -0.2) is 0 Å². The van der Waals surface area contributed by atoms with E-state index in [9.17, 15) is 9.59 Å². The van der Waals surface area contributed by atoms with Crippen molar-refractivity contribution in [2.75, 3.05) is 20.8 Å². The SMILES string of the molecule is COC(CCCNC1=C(Cl)C(=O)c2ccccc2C1=O)OC. The monoisotopic (exact) mass is 323 g/mol. The van der Waals surface area contributed by atoms with Crippen LogP contribution in [0.3, 0.4) is 0 Å². The summed E-state index contributed by atoms with van der Waals surface area (Å²) < 4.78 is 10.2. The number of methoxy groups -OCH3 is 2. The molecular formula is C16H18ClNO4. The maximum absolute atomic E-state index is 12.4. The zero-order valence-electron chi connectivity index (χ0n) is 12.5. The number of hydrogen-bond donors (Lipinski definition) is 1. The Bertz CT molecular complexity index is 608. The molecular weight excluding hydrogens is 306 g/mol. The van der Waals surface area contributed by atoms with Crippen molar-refractivity contribution >= 4 is 23.2 Å². The van der Waals surface area contributed by atoms with Gasteiger partial charge >= 0.3 is 0 Å². The Morgan fingerprint density at radius 1 is 1.09 bits per heavy atom. The molecule has 0 saturated carbocycles. The number of nitrogens with one attached hydrogen (secondary N) is 1. The highest BCUT2D eigenvalue weighted by Crippen LogP contribution is 2.27. The van der Waals surface area contributed by atoms with Gasteiger partial charge in [-0.2, -0.15) is 0 Å². The molecule has 22 heavy (non-hydrogen) atoms. The molecule has 1 aromatic carbocycles. The van der Waals surface area contributed by atoms with E-state index >= 15 is 0 Å². The third kappa shape index (κ3) is 3.38. The minimum Gasteiger partial charge on any atom is -0.381 e. The second-order valence-corrected chi connectivity index (χ2v) is 5.24. The summed E-state index contributed by atoms with van der Waals surface area (Å²) in [6.45, 7) is 0.496. The molecule has 2 rings (SSSR count). The second kappa shape index (κ2) is 7.54. The lowest BCUT2D eigenvalue weighted by atomic mass is 9.92. The number of ether oxygens (including phenoxy) is 2. The summed E-state index contributed by atoms with van der Waals surface area (Å²) in [7, 11) is 3.14. The van der Waals surface area contributed by atoms with Crippen molar-refractivity contribution in [1.82, 2.24) is 5.32 Å². The van der Waals surface area contributed by atoms with Gasteiger partial charge in [0.2, 0.25) is 11.6 Å². The number of halogens is 1. The first kappa shape index (κ1) is 16.7. The Morgan fingerprint density at radius 2 is 1.68 bits per heavy atom. The van der Waals surface area contributed by atoms with E-state index in [1.54, 1.807) is 38.5 Å². The third-order valence-electron chi connectivity index (χ3n) is 3.51. The minimum atomic E-state index is -0.328. The minimum absolute atomic E-state index is 0.0567. The van der Waals surface area contributed by atoms with Crippen LogP contribution in [0, 0.1) is 0 Å². The van der Waals surface area contributed by atoms with Gasteiger partial charge in [-0.05, 0) is 12.8 Å². The number of rotatable bonds is 7. The summed E-state index contributed by atoms with van der Waals surface area (Å²) in [4.78, 5) is 24.6.